The number of carbonyl (C=O) groups is 1. The fourth-order valence-electron chi connectivity index (χ4n) is 4.10. The highest BCUT2D eigenvalue weighted by atomic mass is 35.5. The first-order valence-electron chi connectivity index (χ1n) is 9.49. The van der Waals surface area contributed by atoms with E-state index in [4.69, 9.17) is 0 Å². The van der Waals surface area contributed by atoms with Crippen LogP contribution in [0, 0.1) is 5.92 Å². The van der Waals surface area contributed by atoms with Crippen molar-refractivity contribution in [2.75, 3.05) is 33.2 Å². The maximum Gasteiger partial charge on any atom is 0.274 e. The maximum atomic E-state index is 12.8. The van der Waals surface area contributed by atoms with Crippen LogP contribution in [0.3, 0.4) is 0 Å². The van der Waals surface area contributed by atoms with Crippen molar-refractivity contribution in [3.63, 3.8) is 0 Å². The van der Waals surface area contributed by atoms with Crippen molar-refractivity contribution in [1.82, 2.24) is 25.3 Å². The molecule has 1 aromatic carbocycles. The van der Waals surface area contributed by atoms with E-state index in [1.54, 1.807) is 0 Å². The number of nitrogens with one attached hydrogen (secondary N) is 2. The largest absolute Gasteiger partial charge is 0.340 e. The van der Waals surface area contributed by atoms with Crippen LogP contribution in [0.15, 0.2) is 30.3 Å². The first-order chi connectivity index (χ1) is 12.7. The molecule has 6 nitrogen and oxygen atoms in total. The number of carbonyl (C=O) groups excluding carboxylic acids is 1. The van der Waals surface area contributed by atoms with Gasteiger partial charge in [0.15, 0.2) is 5.69 Å². The summed E-state index contributed by atoms with van der Waals surface area (Å²) in [5.74, 6) is 0.563. The van der Waals surface area contributed by atoms with Gasteiger partial charge in [-0.2, -0.15) is 5.10 Å². The quantitative estimate of drug-likeness (QED) is 0.821. The molecular formula is C20H28ClN5O. The van der Waals surface area contributed by atoms with Crippen molar-refractivity contribution in [3.8, 4) is 0 Å². The highest BCUT2D eigenvalue weighted by Crippen LogP contribution is 2.21. The van der Waals surface area contributed by atoms with Crippen LogP contribution in [0.2, 0.25) is 0 Å². The smallest absolute Gasteiger partial charge is 0.274 e. The zero-order valence-electron chi connectivity index (χ0n) is 15.8. The number of amides is 1. The molecule has 146 valence electrons. The van der Waals surface area contributed by atoms with E-state index in [0.29, 0.717) is 11.6 Å². The Balaban J connectivity index is 0.00000210. The van der Waals surface area contributed by atoms with Crippen molar-refractivity contribution in [2.45, 2.75) is 25.9 Å². The number of benzene rings is 1. The third-order valence-electron chi connectivity index (χ3n) is 5.51. The minimum absolute atomic E-state index is 0. The van der Waals surface area contributed by atoms with E-state index >= 15 is 0 Å². The summed E-state index contributed by atoms with van der Waals surface area (Å²) in [5, 5.41) is 10.7. The molecule has 2 aliphatic heterocycles. The fraction of sp³-hybridized carbons (Fsp3) is 0.500. The minimum atomic E-state index is 0. The number of aromatic nitrogens is 2. The topological polar surface area (TPSA) is 64.3 Å². The number of rotatable bonds is 5. The average Bonchev–Trinajstić information content (AvgIpc) is 3.29. The van der Waals surface area contributed by atoms with E-state index in [2.05, 4.69) is 50.7 Å². The van der Waals surface area contributed by atoms with E-state index in [1.807, 2.05) is 11.9 Å². The van der Waals surface area contributed by atoms with Crippen molar-refractivity contribution in [3.05, 3.63) is 52.8 Å². The van der Waals surface area contributed by atoms with Gasteiger partial charge in [0.2, 0.25) is 0 Å². The lowest BCUT2D eigenvalue weighted by molar-refractivity contribution is 0.0766. The molecule has 1 fully saturated rings. The van der Waals surface area contributed by atoms with Gasteiger partial charge in [0, 0.05) is 57.4 Å². The number of hydrogen-bond acceptors (Lipinski definition) is 4. The predicted octanol–water partition coefficient (Wildman–Crippen LogP) is 2.07. The number of halogens is 1. The summed E-state index contributed by atoms with van der Waals surface area (Å²) < 4.78 is 0. The van der Waals surface area contributed by atoms with E-state index in [9.17, 15) is 4.79 Å². The van der Waals surface area contributed by atoms with Crippen molar-refractivity contribution < 1.29 is 4.79 Å². The molecule has 2 N–H and O–H groups in total. The molecule has 1 aromatic heterocycles. The van der Waals surface area contributed by atoms with Crippen LogP contribution >= 0.6 is 12.4 Å². The van der Waals surface area contributed by atoms with Gasteiger partial charge in [-0.15, -0.1) is 12.4 Å². The Labute approximate surface area is 166 Å². The predicted molar refractivity (Wildman–Crippen MR) is 108 cm³/mol. The van der Waals surface area contributed by atoms with Gasteiger partial charge >= 0.3 is 0 Å². The van der Waals surface area contributed by atoms with Crippen LogP contribution in [0.25, 0.3) is 0 Å². The molecule has 0 aliphatic carbocycles. The lowest BCUT2D eigenvalue weighted by Gasteiger charge is -2.22. The molecule has 1 unspecified atom stereocenters. The lowest BCUT2D eigenvalue weighted by Crippen LogP contribution is -2.34. The Morgan fingerprint density at radius 2 is 2.15 bits per heavy atom. The second kappa shape index (κ2) is 8.87. The van der Waals surface area contributed by atoms with Gasteiger partial charge in [-0.1, -0.05) is 30.3 Å². The van der Waals surface area contributed by atoms with Gasteiger partial charge in [0.25, 0.3) is 5.91 Å². The number of aromatic amines is 1. The minimum Gasteiger partial charge on any atom is -0.340 e. The van der Waals surface area contributed by atoms with Gasteiger partial charge in [0.05, 0.1) is 0 Å². The second-order valence-electron chi connectivity index (χ2n) is 7.52. The molecule has 0 saturated carbocycles. The van der Waals surface area contributed by atoms with Gasteiger partial charge < -0.3 is 10.2 Å². The Morgan fingerprint density at radius 3 is 2.96 bits per heavy atom. The highest BCUT2D eigenvalue weighted by molar-refractivity contribution is 5.93. The van der Waals surface area contributed by atoms with E-state index in [1.165, 1.54) is 5.56 Å². The molecule has 0 radical (unpaired) electrons. The Bertz CT molecular complexity index is 763. The number of likely N-dealkylation sites (tertiary alicyclic amines) is 1. The Kier molecular flexibility index (Phi) is 6.52. The molecule has 27 heavy (non-hydrogen) atoms. The first-order valence-corrected chi connectivity index (χ1v) is 9.49. The molecule has 2 aromatic rings. The summed E-state index contributed by atoms with van der Waals surface area (Å²) in [7, 11) is 1.90. The van der Waals surface area contributed by atoms with E-state index in [-0.39, 0.29) is 18.3 Å². The van der Waals surface area contributed by atoms with Gasteiger partial charge in [-0.05, 0) is 24.4 Å². The molecule has 2 aliphatic rings. The van der Waals surface area contributed by atoms with Crippen LogP contribution in [0.4, 0.5) is 0 Å². The molecule has 4 rings (SSSR count). The lowest BCUT2D eigenvalue weighted by atomic mass is 10.1. The first kappa shape index (κ1) is 19.9. The standard InChI is InChI=1S/C20H27N5O.ClH/c1-24(20(26)19-17-11-21-9-7-18(17)22-23-19)12-16-8-10-25(14-16)13-15-5-3-2-4-6-15;/h2-6,16,21H,7-14H2,1H3,(H,22,23);1H. The highest BCUT2D eigenvalue weighted by Gasteiger charge is 2.28. The van der Waals surface area contributed by atoms with Gasteiger partial charge in [-0.25, -0.2) is 0 Å². The molecule has 3 heterocycles. The Hall–Kier alpha value is -1.89. The van der Waals surface area contributed by atoms with E-state index < -0.39 is 0 Å². The zero-order chi connectivity index (χ0) is 17.9. The van der Waals surface area contributed by atoms with Crippen molar-refractivity contribution >= 4 is 18.3 Å². The fourth-order valence-corrected chi connectivity index (χ4v) is 4.10. The number of H-pyrrole nitrogens is 1. The van der Waals surface area contributed by atoms with Crippen LogP contribution in [-0.4, -0.2) is 59.1 Å². The summed E-state index contributed by atoms with van der Waals surface area (Å²) in [4.78, 5) is 17.2. The summed E-state index contributed by atoms with van der Waals surface area (Å²) in [6, 6.07) is 10.6. The maximum absolute atomic E-state index is 12.8. The van der Waals surface area contributed by atoms with Crippen LogP contribution in [0.1, 0.15) is 33.7 Å². The molecule has 7 heteroatoms. The van der Waals surface area contributed by atoms with Crippen LogP contribution in [0.5, 0.6) is 0 Å². The van der Waals surface area contributed by atoms with Crippen LogP contribution < -0.4 is 5.32 Å². The van der Waals surface area contributed by atoms with Gasteiger partial charge in [0.1, 0.15) is 0 Å². The summed E-state index contributed by atoms with van der Waals surface area (Å²) >= 11 is 0. The second-order valence-corrected chi connectivity index (χ2v) is 7.52. The molecular weight excluding hydrogens is 362 g/mol. The van der Waals surface area contributed by atoms with E-state index in [0.717, 1.165) is 63.4 Å². The van der Waals surface area contributed by atoms with Crippen LogP contribution in [-0.2, 0) is 19.5 Å². The molecule has 1 amide bonds. The monoisotopic (exact) mass is 389 g/mol. The normalized spacial score (nSPS) is 19.4. The summed E-state index contributed by atoms with van der Waals surface area (Å²) in [5.41, 5.74) is 4.10. The SMILES string of the molecule is CN(CC1CCN(Cc2ccccc2)C1)C(=O)c1n[nH]c2c1CNCC2.Cl. The Morgan fingerprint density at radius 1 is 1.33 bits per heavy atom. The molecule has 1 saturated heterocycles. The average molecular weight is 390 g/mol. The third kappa shape index (κ3) is 4.51. The zero-order valence-corrected chi connectivity index (χ0v) is 16.6. The summed E-state index contributed by atoms with van der Waals surface area (Å²) in [6.07, 6.45) is 2.06. The molecule has 1 atom stereocenters. The molecule has 0 spiro atoms. The number of fused-ring (bicyclic) bond motifs is 1. The van der Waals surface area contributed by atoms with Crippen molar-refractivity contribution in [2.24, 2.45) is 5.92 Å². The molecule has 0 bridgehead atoms. The number of nitrogens with zero attached hydrogens (tertiary/aromatic N) is 3. The summed E-state index contributed by atoms with van der Waals surface area (Å²) in [6.45, 7) is 5.61. The van der Waals surface area contributed by atoms with Gasteiger partial charge in [-0.3, -0.25) is 14.8 Å². The van der Waals surface area contributed by atoms with Crippen molar-refractivity contribution in [1.29, 1.82) is 0 Å². The number of hydrogen-bond donors (Lipinski definition) is 2. The third-order valence-corrected chi connectivity index (χ3v) is 5.51.